The summed E-state index contributed by atoms with van der Waals surface area (Å²) in [6.45, 7) is 0. The molecule has 0 heterocycles. The number of urea groups is 1. The van der Waals surface area contributed by atoms with Crippen molar-refractivity contribution in [2.45, 2.75) is 4.90 Å². The van der Waals surface area contributed by atoms with Crippen LogP contribution in [0.3, 0.4) is 0 Å². The van der Waals surface area contributed by atoms with Gasteiger partial charge in [-0.25, -0.2) is 4.79 Å². The van der Waals surface area contributed by atoms with Gasteiger partial charge in [0, 0.05) is 10.6 Å². The number of rotatable bonds is 2. The fourth-order valence-electron chi connectivity index (χ4n) is 1.56. The Morgan fingerprint density at radius 3 is 2.50 bits per heavy atom. The van der Waals surface area contributed by atoms with Crippen LogP contribution in [0.2, 0.25) is 5.02 Å². The zero-order valence-corrected chi connectivity index (χ0v) is 11.9. The molecule has 0 atom stereocenters. The van der Waals surface area contributed by atoms with Gasteiger partial charge < -0.3 is 5.32 Å². The number of carbonyl (C=O) groups excluding carboxylic acids is 2. The molecule has 0 aliphatic rings. The van der Waals surface area contributed by atoms with Gasteiger partial charge in [0.15, 0.2) is 0 Å². The molecule has 20 heavy (non-hydrogen) atoms. The second-order valence-corrected chi connectivity index (χ2v) is 4.86. The minimum Gasteiger partial charge on any atom is -0.308 e. The molecule has 0 spiro atoms. The number of hydrogen-bond acceptors (Lipinski definition) is 3. The number of carbonyl (C=O) groups is 2. The number of imide groups is 1. The number of anilines is 1. The Labute approximate surface area is 126 Å². The van der Waals surface area contributed by atoms with E-state index in [1.165, 1.54) is 0 Å². The third kappa shape index (κ3) is 3.76. The number of benzene rings is 2. The van der Waals surface area contributed by atoms with Gasteiger partial charge in [-0.15, -0.1) is 12.6 Å². The van der Waals surface area contributed by atoms with Crippen molar-refractivity contribution in [1.29, 1.82) is 0 Å². The SMILES string of the molecule is O=C(NC(=O)c1ccccc1Cl)Nc1cccc(S)c1. The van der Waals surface area contributed by atoms with Crippen LogP contribution in [0.25, 0.3) is 0 Å². The minimum absolute atomic E-state index is 0.243. The second kappa shape index (κ2) is 6.45. The summed E-state index contributed by atoms with van der Waals surface area (Å²) in [4.78, 5) is 24.3. The van der Waals surface area contributed by atoms with Crippen molar-refractivity contribution in [3.63, 3.8) is 0 Å². The molecule has 2 rings (SSSR count). The van der Waals surface area contributed by atoms with Crippen molar-refractivity contribution >= 4 is 41.9 Å². The summed E-state index contributed by atoms with van der Waals surface area (Å²) in [6.07, 6.45) is 0. The zero-order chi connectivity index (χ0) is 14.5. The minimum atomic E-state index is -0.631. The van der Waals surface area contributed by atoms with Crippen LogP contribution in [0.4, 0.5) is 10.5 Å². The van der Waals surface area contributed by atoms with E-state index in [1.54, 1.807) is 48.5 Å². The first-order chi connectivity index (χ1) is 9.56. The lowest BCUT2D eigenvalue weighted by molar-refractivity contribution is 0.0967. The van der Waals surface area contributed by atoms with Gasteiger partial charge in [-0.3, -0.25) is 10.1 Å². The van der Waals surface area contributed by atoms with Gasteiger partial charge in [0.25, 0.3) is 5.91 Å². The Hall–Kier alpha value is -1.98. The van der Waals surface area contributed by atoms with E-state index >= 15 is 0 Å². The largest absolute Gasteiger partial charge is 0.326 e. The highest BCUT2D eigenvalue weighted by Gasteiger charge is 2.13. The van der Waals surface area contributed by atoms with Crippen LogP contribution in [0.1, 0.15) is 10.4 Å². The van der Waals surface area contributed by atoms with E-state index in [1.807, 2.05) is 0 Å². The van der Waals surface area contributed by atoms with E-state index in [0.29, 0.717) is 10.6 Å². The molecule has 0 aliphatic heterocycles. The van der Waals surface area contributed by atoms with E-state index < -0.39 is 11.9 Å². The Morgan fingerprint density at radius 2 is 1.80 bits per heavy atom. The van der Waals surface area contributed by atoms with Crippen LogP contribution in [0, 0.1) is 0 Å². The van der Waals surface area contributed by atoms with Crippen molar-refractivity contribution in [2.24, 2.45) is 0 Å². The number of hydrogen-bond donors (Lipinski definition) is 3. The molecular formula is C14H11ClN2O2S. The highest BCUT2D eigenvalue weighted by Crippen LogP contribution is 2.15. The average molecular weight is 307 g/mol. The number of amides is 3. The van der Waals surface area contributed by atoms with Crippen LogP contribution in [0.5, 0.6) is 0 Å². The predicted octanol–water partition coefficient (Wildman–Crippen LogP) is 3.59. The second-order valence-electron chi connectivity index (χ2n) is 3.94. The molecule has 6 heteroatoms. The van der Waals surface area contributed by atoms with Crippen molar-refractivity contribution in [2.75, 3.05) is 5.32 Å². The molecular weight excluding hydrogens is 296 g/mol. The van der Waals surface area contributed by atoms with Crippen molar-refractivity contribution in [3.8, 4) is 0 Å². The highest BCUT2D eigenvalue weighted by atomic mass is 35.5. The van der Waals surface area contributed by atoms with E-state index in [4.69, 9.17) is 11.6 Å². The smallest absolute Gasteiger partial charge is 0.308 e. The molecule has 0 aliphatic carbocycles. The Morgan fingerprint density at radius 1 is 1.05 bits per heavy atom. The maximum absolute atomic E-state index is 11.9. The van der Waals surface area contributed by atoms with Crippen LogP contribution >= 0.6 is 24.2 Å². The van der Waals surface area contributed by atoms with Gasteiger partial charge in [-0.05, 0) is 30.3 Å². The molecule has 102 valence electrons. The van der Waals surface area contributed by atoms with Gasteiger partial charge in [0.2, 0.25) is 0 Å². The maximum Gasteiger partial charge on any atom is 0.326 e. The third-order valence-corrected chi connectivity index (χ3v) is 3.06. The van der Waals surface area contributed by atoms with Crippen molar-refractivity contribution in [1.82, 2.24) is 5.32 Å². The van der Waals surface area contributed by atoms with Crippen LogP contribution in [-0.2, 0) is 0 Å². The van der Waals surface area contributed by atoms with Gasteiger partial charge in [-0.2, -0.15) is 0 Å². The van der Waals surface area contributed by atoms with E-state index in [-0.39, 0.29) is 10.6 Å². The zero-order valence-electron chi connectivity index (χ0n) is 10.3. The Balaban J connectivity index is 2.02. The molecule has 0 radical (unpaired) electrons. The fraction of sp³-hybridized carbons (Fsp3) is 0. The Bertz CT molecular complexity index is 661. The van der Waals surface area contributed by atoms with E-state index in [0.717, 1.165) is 0 Å². The van der Waals surface area contributed by atoms with Gasteiger partial charge >= 0.3 is 6.03 Å². The van der Waals surface area contributed by atoms with Crippen LogP contribution in [-0.4, -0.2) is 11.9 Å². The molecule has 2 N–H and O–H groups in total. The van der Waals surface area contributed by atoms with Crippen LogP contribution in [0.15, 0.2) is 53.4 Å². The molecule has 3 amide bonds. The number of nitrogens with one attached hydrogen (secondary N) is 2. The molecule has 0 saturated heterocycles. The lowest BCUT2D eigenvalue weighted by Crippen LogP contribution is -2.34. The summed E-state index contributed by atoms with van der Waals surface area (Å²) in [5.41, 5.74) is 0.786. The van der Waals surface area contributed by atoms with Crippen molar-refractivity contribution < 1.29 is 9.59 Å². The summed E-state index contributed by atoms with van der Waals surface area (Å²) >= 11 is 10.0. The summed E-state index contributed by atoms with van der Waals surface area (Å²) in [7, 11) is 0. The standard InChI is InChI=1S/C14H11ClN2O2S/c15-12-7-2-1-6-11(12)13(18)17-14(19)16-9-4-3-5-10(20)8-9/h1-8,20H,(H2,16,17,18,19). The lowest BCUT2D eigenvalue weighted by Gasteiger charge is -2.08. The number of thiol groups is 1. The first kappa shape index (κ1) is 14.4. The normalized spacial score (nSPS) is 9.90. The Kier molecular flexibility index (Phi) is 4.65. The molecule has 0 aromatic heterocycles. The molecule has 0 fully saturated rings. The molecule has 0 saturated carbocycles. The quantitative estimate of drug-likeness (QED) is 0.743. The molecule has 2 aromatic rings. The summed E-state index contributed by atoms with van der Waals surface area (Å²) in [5, 5.41) is 5.03. The van der Waals surface area contributed by atoms with Crippen molar-refractivity contribution in [3.05, 3.63) is 59.1 Å². The average Bonchev–Trinajstić information content (AvgIpc) is 2.38. The maximum atomic E-state index is 11.9. The van der Waals surface area contributed by atoms with E-state index in [2.05, 4.69) is 23.3 Å². The molecule has 0 bridgehead atoms. The topological polar surface area (TPSA) is 58.2 Å². The predicted molar refractivity (Wildman–Crippen MR) is 81.6 cm³/mol. The van der Waals surface area contributed by atoms with Gasteiger partial charge in [0.05, 0.1) is 10.6 Å². The molecule has 4 nitrogen and oxygen atoms in total. The van der Waals surface area contributed by atoms with Gasteiger partial charge in [0.1, 0.15) is 0 Å². The van der Waals surface area contributed by atoms with E-state index in [9.17, 15) is 9.59 Å². The monoisotopic (exact) mass is 306 g/mol. The summed E-state index contributed by atoms with van der Waals surface area (Å²) in [6, 6.07) is 12.8. The third-order valence-electron chi connectivity index (χ3n) is 2.45. The van der Waals surface area contributed by atoms with Crippen LogP contribution < -0.4 is 10.6 Å². The summed E-state index contributed by atoms with van der Waals surface area (Å²) < 4.78 is 0. The summed E-state index contributed by atoms with van der Waals surface area (Å²) in [5.74, 6) is -0.560. The fourth-order valence-corrected chi connectivity index (χ4v) is 2.01. The molecule has 2 aromatic carbocycles. The lowest BCUT2D eigenvalue weighted by atomic mass is 10.2. The first-order valence-electron chi connectivity index (χ1n) is 5.72. The molecule has 0 unspecified atom stereocenters. The van der Waals surface area contributed by atoms with Gasteiger partial charge in [-0.1, -0.05) is 29.8 Å². The highest BCUT2D eigenvalue weighted by molar-refractivity contribution is 7.80. The number of halogens is 1. The first-order valence-corrected chi connectivity index (χ1v) is 6.54.